The van der Waals surface area contributed by atoms with Crippen LogP contribution in [0.4, 0.5) is 0 Å². The van der Waals surface area contributed by atoms with Gasteiger partial charge in [0.05, 0.1) is 13.5 Å². The van der Waals surface area contributed by atoms with Crippen molar-refractivity contribution < 1.29 is 14.3 Å². The molecule has 0 saturated carbocycles. The van der Waals surface area contributed by atoms with E-state index in [0.717, 1.165) is 12.8 Å². The average Bonchev–Trinajstić information content (AvgIpc) is 2.40. The molecule has 0 aliphatic carbocycles. The summed E-state index contributed by atoms with van der Waals surface area (Å²) in [6.07, 6.45) is 3.21. The van der Waals surface area contributed by atoms with Crippen LogP contribution in [0.3, 0.4) is 0 Å². The standard InChI is InChI=1S/C13H23NO3S/c1-3-14(7-4-13(16)17-2)12(15)10-11-5-8-18-9-6-11/h11H,3-10H2,1-2H3. The predicted molar refractivity (Wildman–Crippen MR) is 73.6 cm³/mol. The van der Waals surface area contributed by atoms with Crippen molar-refractivity contribution in [1.29, 1.82) is 0 Å². The van der Waals surface area contributed by atoms with Crippen LogP contribution in [-0.4, -0.2) is 48.5 Å². The van der Waals surface area contributed by atoms with Gasteiger partial charge in [-0.05, 0) is 37.2 Å². The maximum absolute atomic E-state index is 12.1. The van der Waals surface area contributed by atoms with Gasteiger partial charge in [-0.25, -0.2) is 0 Å². The number of amides is 1. The molecule has 1 aliphatic heterocycles. The third-order valence-electron chi connectivity index (χ3n) is 3.35. The lowest BCUT2D eigenvalue weighted by atomic mass is 9.98. The van der Waals surface area contributed by atoms with Crippen LogP contribution in [0.25, 0.3) is 0 Å². The number of thioether (sulfide) groups is 1. The number of carbonyl (C=O) groups is 2. The van der Waals surface area contributed by atoms with Gasteiger partial charge in [0.25, 0.3) is 0 Å². The fourth-order valence-corrected chi connectivity index (χ4v) is 3.32. The number of nitrogens with zero attached hydrogens (tertiary/aromatic N) is 1. The Bertz CT molecular complexity index is 277. The molecule has 18 heavy (non-hydrogen) atoms. The molecular weight excluding hydrogens is 250 g/mol. The molecule has 1 rings (SSSR count). The van der Waals surface area contributed by atoms with E-state index in [1.165, 1.54) is 18.6 Å². The molecule has 0 radical (unpaired) electrons. The second-order valence-electron chi connectivity index (χ2n) is 4.56. The molecule has 1 fully saturated rings. The van der Waals surface area contributed by atoms with Crippen molar-refractivity contribution in [2.45, 2.75) is 32.6 Å². The summed E-state index contributed by atoms with van der Waals surface area (Å²) in [5, 5.41) is 0. The number of hydrogen-bond acceptors (Lipinski definition) is 4. The van der Waals surface area contributed by atoms with Gasteiger partial charge in [0.15, 0.2) is 0 Å². The molecule has 1 aliphatic rings. The zero-order valence-corrected chi connectivity index (χ0v) is 12.1. The highest BCUT2D eigenvalue weighted by Gasteiger charge is 2.20. The van der Waals surface area contributed by atoms with Crippen molar-refractivity contribution in [1.82, 2.24) is 4.90 Å². The van der Waals surface area contributed by atoms with Crippen LogP contribution in [0.1, 0.15) is 32.6 Å². The third kappa shape index (κ3) is 5.29. The van der Waals surface area contributed by atoms with Crippen LogP contribution >= 0.6 is 11.8 Å². The zero-order chi connectivity index (χ0) is 13.4. The molecule has 0 bridgehead atoms. The van der Waals surface area contributed by atoms with E-state index in [2.05, 4.69) is 4.74 Å². The number of methoxy groups -OCH3 is 1. The first-order chi connectivity index (χ1) is 8.67. The topological polar surface area (TPSA) is 46.6 Å². The van der Waals surface area contributed by atoms with E-state index in [4.69, 9.17) is 0 Å². The number of rotatable bonds is 6. The van der Waals surface area contributed by atoms with E-state index in [0.29, 0.717) is 25.4 Å². The monoisotopic (exact) mass is 273 g/mol. The Balaban J connectivity index is 2.33. The average molecular weight is 273 g/mol. The Kier molecular flexibility index (Phi) is 7.16. The van der Waals surface area contributed by atoms with Gasteiger partial charge in [-0.1, -0.05) is 0 Å². The second-order valence-corrected chi connectivity index (χ2v) is 5.78. The van der Waals surface area contributed by atoms with Crippen LogP contribution in [0.2, 0.25) is 0 Å². The second kappa shape index (κ2) is 8.40. The number of hydrogen-bond donors (Lipinski definition) is 0. The quantitative estimate of drug-likeness (QED) is 0.694. The Labute approximate surface area is 113 Å². The molecular formula is C13H23NO3S. The molecule has 1 heterocycles. The summed E-state index contributed by atoms with van der Waals surface area (Å²) in [6, 6.07) is 0. The molecule has 4 nitrogen and oxygen atoms in total. The molecule has 0 N–H and O–H groups in total. The summed E-state index contributed by atoms with van der Waals surface area (Å²) in [6.45, 7) is 3.09. The molecule has 0 aromatic carbocycles. The van der Waals surface area contributed by atoms with Crippen molar-refractivity contribution in [3.63, 3.8) is 0 Å². The number of esters is 1. The summed E-state index contributed by atoms with van der Waals surface area (Å²) in [5.41, 5.74) is 0. The fraction of sp³-hybridized carbons (Fsp3) is 0.846. The SMILES string of the molecule is CCN(CCC(=O)OC)C(=O)CC1CCSCC1. The summed E-state index contributed by atoms with van der Waals surface area (Å²) in [5.74, 6) is 2.80. The Hall–Kier alpha value is -0.710. The van der Waals surface area contributed by atoms with Gasteiger partial charge in [-0.3, -0.25) is 9.59 Å². The predicted octanol–water partition coefficient (Wildman–Crippen LogP) is 1.93. The molecule has 0 atom stereocenters. The molecule has 1 amide bonds. The minimum absolute atomic E-state index is 0.179. The van der Waals surface area contributed by atoms with Gasteiger partial charge in [-0.2, -0.15) is 11.8 Å². The molecule has 5 heteroatoms. The fourth-order valence-electron chi connectivity index (χ4n) is 2.11. The van der Waals surface area contributed by atoms with E-state index in [-0.39, 0.29) is 18.3 Å². The van der Waals surface area contributed by atoms with Crippen LogP contribution in [-0.2, 0) is 14.3 Å². The number of carbonyl (C=O) groups excluding carboxylic acids is 2. The summed E-state index contributed by atoms with van der Waals surface area (Å²) < 4.78 is 4.60. The van der Waals surface area contributed by atoms with Gasteiger partial charge in [0.2, 0.25) is 5.91 Å². The van der Waals surface area contributed by atoms with Crippen molar-refractivity contribution in [3.05, 3.63) is 0 Å². The van der Waals surface area contributed by atoms with Crippen LogP contribution in [0.5, 0.6) is 0 Å². The van der Waals surface area contributed by atoms with Crippen molar-refractivity contribution in [2.75, 3.05) is 31.7 Å². The lowest BCUT2D eigenvalue weighted by Crippen LogP contribution is -2.34. The molecule has 104 valence electrons. The van der Waals surface area contributed by atoms with E-state index in [1.54, 1.807) is 4.90 Å². The van der Waals surface area contributed by atoms with Crippen molar-refractivity contribution in [2.24, 2.45) is 5.92 Å². The van der Waals surface area contributed by atoms with Crippen LogP contribution < -0.4 is 0 Å². The highest BCUT2D eigenvalue weighted by molar-refractivity contribution is 7.99. The lowest BCUT2D eigenvalue weighted by Gasteiger charge is -2.25. The molecule has 0 unspecified atom stereocenters. The van der Waals surface area contributed by atoms with Gasteiger partial charge < -0.3 is 9.64 Å². The Morgan fingerprint density at radius 2 is 2.00 bits per heavy atom. The third-order valence-corrected chi connectivity index (χ3v) is 4.40. The van der Waals surface area contributed by atoms with Crippen LogP contribution in [0.15, 0.2) is 0 Å². The maximum atomic E-state index is 12.1. The van der Waals surface area contributed by atoms with Gasteiger partial charge in [0.1, 0.15) is 0 Å². The minimum atomic E-state index is -0.254. The maximum Gasteiger partial charge on any atom is 0.307 e. The Morgan fingerprint density at radius 3 is 2.56 bits per heavy atom. The summed E-state index contributed by atoms with van der Waals surface area (Å²) in [4.78, 5) is 25.0. The molecule has 0 spiro atoms. The van der Waals surface area contributed by atoms with E-state index >= 15 is 0 Å². The largest absolute Gasteiger partial charge is 0.469 e. The zero-order valence-electron chi connectivity index (χ0n) is 11.3. The number of ether oxygens (including phenoxy) is 1. The van der Waals surface area contributed by atoms with Gasteiger partial charge in [0, 0.05) is 19.5 Å². The van der Waals surface area contributed by atoms with E-state index in [1.807, 2.05) is 18.7 Å². The highest BCUT2D eigenvalue weighted by Crippen LogP contribution is 2.25. The van der Waals surface area contributed by atoms with E-state index in [9.17, 15) is 9.59 Å². The molecule has 0 aromatic heterocycles. The first kappa shape index (κ1) is 15.3. The first-order valence-electron chi connectivity index (χ1n) is 6.59. The van der Waals surface area contributed by atoms with Crippen molar-refractivity contribution >= 4 is 23.6 Å². The minimum Gasteiger partial charge on any atom is -0.469 e. The molecule has 1 saturated heterocycles. The van der Waals surface area contributed by atoms with Crippen LogP contribution in [0, 0.1) is 5.92 Å². The summed E-state index contributed by atoms with van der Waals surface area (Å²) in [7, 11) is 1.38. The Morgan fingerprint density at radius 1 is 1.33 bits per heavy atom. The van der Waals surface area contributed by atoms with Gasteiger partial charge >= 0.3 is 5.97 Å². The van der Waals surface area contributed by atoms with E-state index < -0.39 is 0 Å². The summed E-state index contributed by atoms with van der Waals surface area (Å²) >= 11 is 1.97. The normalized spacial score (nSPS) is 16.3. The molecule has 0 aromatic rings. The first-order valence-corrected chi connectivity index (χ1v) is 7.75. The van der Waals surface area contributed by atoms with Crippen molar-refractivity contribution in [3.8, 4) is 0 Å². The van der Waals surface area contributed by atoms with Gasteiger partial charge in [-0.15, -0.1) is 0 Å². The lowest BCUT2D eigenvalue weighted by molar-refractivity contribution is -0.141. The highest BCUT2D eigenvalue weighted by atomic mass is 32.2. The smallest absolute Gasteiger partial charge is 0.307 e.